The molecular weight excluding hydrogens is 282 g/mol. The molecule has 1 atom stereocenters. The fraction of sp³-hybridized carbons (Fsp3) is 0.400. The fourth-order valence-electron chi connectivity index (χ4n) is 1.85. The molecule has 2 heterocycles. The maximum atomic E-state index is 12.0. The Hall–Kier alpha value is -2.25. The zero-order valence-corrected chi connectivity index (χ0v) is 11.7. The van der Waals surface area contributed by atoms with Gasteiger partial charge in [0.15, 0.2) is 0 Å². The predicted octanol–water partition coefficient (Wildman–Crippen LogP) is -1.05. The quantitative estimate of drug-likeness (QED) is 0.667. The third kappa shape index (κ3) is 2.40. The monoisotopic (exact) mass is 295 g/mol. The first kappa shape index (κ1) is 14.2. The molecule has 2 rings (SSSR count). The maximum Gasteiger partial charge on any atom is 0.331 e. The first-order valence-corrected chi connectivity index (χ1v) is 6.62. The Bertz CT molecular complexity index is 670. The highest BCUT2D eigenvalue weighted by molar-refractivity contribution is 8.13. The van der Waals surface area contributed by atoms with E-state index in [9.17, 15) is 9.59 Å². The topological polar surface area (TPSA) is 124 Å². The number of nitrogens with two attached hydrogens (primary N) is 1. The van der Waals surface area contributed by atoms with Gasteiger partial charge in [-0.05, 0) is 6.92 Å². The number of nitrogens with one attached hydrogen (secondary N) is 1. The number of nitriles is 1. The molecule has 1 aromatic heterocycles. The van der Waals surface area contributed by atoms with Crippen LogP contribution < -0.4 is 17.1 Å². The van der Waals surface area contributed by atoms with E-state index < -0.39 is 17.5 Å². The van der Waals surface area contributed by atoms with Crippen molar-refractivity contribution in [2.45, 2.75) is 13.2 Å². The van der Waals surface area contributed by atoms with Crippen LogP contribution in [0.2, 0.25) is 0 Å². The minimum absolute atomic E-state index is 0.173. The van der Waals surface area contributed by atoms with E-state index in [0.29, 0.717) is 10.9 Å². The van der Waals surface area contributed by atoms with Crippen molar-refractivity contribution in [2.24, 2.45) is 10.9 Å². The summed E-state index contributed by atoms with van der Waals surface area (Å²) in [6.45, 7) is 1.62. The van der Waals surface area contributed by atoms with Crippen LogP contribution in [0.3, 0.4) is 0 Å². The van der Waals surface area contributed by atoms with E-state index in [-0.39, 0.29) is 5.75 Å². The first-order chi connectivity index (χ1) is 9.45. The Kier molecular flexibility index (Phi) is 3.82. The molecule has 1 aromatic rings. The molecule has 106 valence electrons. The number of H-pyrrole nitrogens is 1. The summed E-state index contributed by atoms with van der Waals surface area (Å²) in [4.78, 5) is 26.5. The standard InChI is InChI=1S/C10H13N7O2S/c1-6-5-7(18)16(8(19)13-6)10-15(2)14-9(17(10)12)20-4-3-11/h5,10H,4,12H2,1-2H3,(H,13,19). The highest BCUT2D eigenvalue weighted by Crippen LogP contribution is 2.23. The van der Waals surface area contributed by atoms with E-state index in [0.717, 1.165) is 16.3 Å². The number of aromatic amines is 1. The summed E-state index contributed by atoms with van der Waals surface area (Å²) in [5.74, 6) is 6.05. The van der Waals surface area contributed by atoms with Crippen LogP contribution in [0.25, 0.3) is 0 Å². The number of thioether (sulfide) groups is 1. The van der Waals surface area contributed by atoms with Gasteiger partial charge in [0.25, 0.3) is 5.56 Å². The SMILES string of the molecule is Cc1cc(=O)n(C2N(C)N=C(SCC#N)N2N)c(=O)[nH]1. The number of hydrazone groups is 1. The molecule has 0 amide bonds. The highest BCUT2D eigenvalue weighted by Gasteiger charge is 2.33. The van der Waals surface area contributed by atoms with Gasteiger partial charge >= 0.3 is 5.69 Å². The van der Waals surface area contributed by atoms with Gasteiger partial charge in [0, 0.05) is 18.8 Å². The molecule has 0 spiro atoms. The number of amidine groups is 1. The second kappa shape index (κ2) is 5.40. The molecule has 0 saturated carbocycles. The molecular formula is C10H13N7O2S. The molecule has 10 heteroatoms. The van der Waals surface area contributed by atoms with Gasteiger partial charge in [-0.25, -0.2) is 20.2 Å². The average molecular weight is 295 g/mol. The molecule has 0 radical (unpaired) electrons. The molecule has 1 unspecified atom stereocenters. The van der Waals surface area contributed by atoms with Crippen molar-refractivity contribution in [3.05, 3.63) is 32.6 Å². The van der Waals surface area contributed by atoms with Gasteiger partial charge in [-0.1, -0.05) is 11.8 Å². The third-order valence-corrected chi connectivity index (χ3v) is 3.47. The van der Waals surface area contributed by atoms with Gasteiger partial charge in [0.1, 0.15) is 0 Å². The maximum absolute atomic E-state index is 12.0. The molecule has 1 aliphatic heterocycles. The normalized spacial score (nSPS) is 18.1. The van der Waals surface area contributed by atoms with E-state index in [1.807, 2.05) is 6.07 Å². The molecule has 0 aliphatic carbocycles. The van der Waals surface area contributed by atoms with E-state index in [4.69, 9.17) is 11.1 Å². The van der Waals surface area contributed by atoms with Gasteiger partial charge in [-0.15, -0.1) is 5.10 Å². The number of hydrogen-bond donors (Lipinski definition) is 2. The fourth-order valence-corrected chi connectivity index (χ4v) is 2.47. The van der Waals surface area contributed by atoms with Crippen molar-refractivity contribution in [3.8, 4) is 6.07 Å². The van der Waals surface area contributed by atoms with E-state index in [1.54, 1.807) is 14.0 Å². The molecule has 0 aromatic carbocycles. The Balaban J connectivity index is 2.39. The summed E-state index contributed by atoms with van der Waals surface area (Å²) in [5.41, 5.74) is -0.565. The number of rotatable bonds is 2. The summed E-state index contributed by atoms with van der Waals surface area (Å²) < 4.78 is 0.969. The zero-order chi connectivity index (χ0) is 14.9. The van der Waals surface area contributed by atoms with Crippen LogP contribution in [-0.4, -0.2) is 37.5 Å². The summed E-state index contributed by atoms with van der Waals surface area (Å²) in [6.07, 6.45) is -0.854. The molecule has 3 N–H and O–H groups in total. The predicted molar refractivity (Wildman–Crippen MR) is 74.4 cm³/mol. The molecule has 1 aliphatic rings. The number of aryl methyl sites for hydroxylation is 1. The zero-order valence-electron chi connectivity index (χ0n) is 10.9. The summed E-state index contributed by atoms with van der Waals surface area (Å²) in [5, 5.41) is 15.6. The largest absolute Gasteiger partial charge is 0.331 e. The van der Waals surface area contributed by atoms with E-state index >= 15 is 0 Å². The van der Waals surface area contributed by atoms with Crippen LogP contribution in [0.15, 0.2) is 20.8 Å². The lowest BCUT2D eigenvalue weighted by molar-refractivity contribution is 0.0842. The molecule has 0 fully saturated rings. The first-order valence-electron chi connectivity index (χ1n) is 5.63. The minimum atomic E-state index is -0.854. The Morgan fingerprint density at radius 1 is 1.60 bits per heavy atom. The molecule has 20 heavy (non-hydrogen) atoms. The lowest BCUT2D eigenvalue weighted by atomic mass is 10.4. The second-order valence-electron chi connectivity index (χ2n) is 4.12. The van der Waals surface area contributed by atoms with Crippen molar-refractivity contribution in [1.82, 2.24) is 19.6 Å². The summed E-state index contributed by atoms with van der Waals surface area (Å²) in [7, 11) is 1.59. The van der Waals surface area contributed by atoms with Gasteiger partial charge in [0.05, 0.1) is 11.8 Å². The van der Waals surface area contributed by atoms with E-state index in [1.165, 1.54) is 16.1 Å². The van der Waals surface area contributed by atoms with Gasteiger partial charge in [-0.2, -0.15) is 5.26 Å². The Morgan fingerprint density at radius 3 is 2.90 bits per heavy atom. The van der Waals surface area contributed by atoms with Crippen LogP contribution in [0.4, 0.5) is 0 Å². The number of hydrogen-bond acceptors (Lipinski definition) is 8. The van der Waals surface area contributed by atoms with Gasteiger partial charge in [0.2, 0.25) is 11.5 Å². The number of nitrogens with zero attached hydrogens (tertiary/aromatic N) is 5. The molecule has 0 bridgehead atoms. The minimum Gasteiger partial charge on any atom is -0.311 e. The van der Waals surface area contributed by atoms with Gasteiger partial charge < -0.3 is 4.98 Å². The van der Waals surface area contributed by atoms with Crippen LogP contribution in [0.5, 0.6) is 0 Å². The van der Waals surface area contributed by atoms with Crippen LogP contribution in [0, 0.1) is 18.3 Å². The van der Waals surface area contributed by atoms with Crippen LogP contribution in [0.1, 0.15) is 12.0 Å². The lowest BCUT2D eigenvalue weighted by Crippen LogP contribution is -2.50. The van der Waals surface area contributed by atoms with Crippen LogP contribution >= 0.6 is 11.8 Å². The number of hydrazine groups is 1. The van der Waals surface area contributed by atoms with Crippen LogP contribution in [-0.2, 0) is 0 Å². The number of aromatic nitrogens is 2. The highest BCUT2D eigenvalue weighted by atomic mass is 32.2. The molecule has 0 saturated heterocycles. The van der Waals surface area contributed by atoms with Crippen molar-refractivity contribution < 1.29 is 0 Å². The summed E-state index contributed by atoms with van der Waals surface area (Å²) >= 11 is 1.13. The van der Waals surface area contributed by atoms with Gasteiger partial charge in [-0.3, -0.25) is 9.80 Å². The van der Waals surface area contributed by atoms with Crippen molar-refractivity contribution in [3.63, 3.8) is 0 Å². The van der Waals surface area contributed by atoms with Crippen molar-refractivity contribution in [1.29, 1.82) is 5.26 Å². The second-order valence-corrected chi connectivity index (χ2v) is 5.06. The average Bonchev–Trinajstić information content (AvgIpc) is 2.63. The smallest absolute Gasteiger partial charge is 0.311 e. The Morgan fingerprint density at radius 2 is 2.30 bits per heavy atom. The molecule has 9 nitrogen and oxygen atoms in total. The van der Waals surface area contributed by atoms with Crippen molar-refractivity contribution >= 4 is 16.9 Å². The lowest BCUT2D eigenvalue weighted by Gasteiger charge is -2.26. The van der Waals surface area contributed by atoms with Crippen molar-refractivity contribution in [2.75, 3.05) is 12.8 Å². The summed E-state index contributed by atoms with van der Waals surface area (Å²) in [6, 6.07) is 3.27. The third-order valence-electron chi connectivity index (χ3n) is 2.64. The Labute approximate surface area is 118 Å². The van der Waals surface area contributed by atoms with E-state index in [2.05, 4.69) is 10.1 Å².